The Kier molecular flexibility index (Phi) is 4.30. The summed E-state index contributed by atoms with van der Waals surface area (Å²) in [6.45, 7) is 3.42. The molecule has 0 aromatic heterocycles. The van der Waals surface area contributed by atoms with Crippen LogP contribution in [0.1, 0.15) is 20.3 Å². The topological polar surface area (TPSA) is 96.9 Å². The number of urea groups is 1. The molecule has 1 rings (SSSR count). The van der Waals surface area contributed by atoms with Crippen molar-refractivity contribution in [3.05, 3.63) is 0 Å². The average molecular weight is 246 g/mol. The Balaban J connectivity index is 2.26. The second-order valence-electron chi connectivity index (χ2n) is 4.59. The van der Waals surface area contributed by atoms with Crippen LogP contribution in [-0.2, 0) is 14.4 Å². The van der Waals surface area contributed by atoms with Gasteiger partial charge in [-0.15, -0.1) is 0 Å². The monoisotopic (exact) mass is 246 g/mol. The molecule has 1 aliphatic carbocycles. The number of hydroxylamine groups is 1. The summed E-state index contributed by atoms with van der Waals surface area (Å²) in [5.41, 5.74) is 1.87. The fourth-order valence-electron chi connectivity index (χ4n) is 1.88. The van der Waals surface area contributed by atoms with Crippen molar-refractivity contribution >= 4 is 12.0 Å². The number of carbonyl (C=O) groups is 2. The summed E-state index contributed by atoms with van der Waals surface area (Å²) >= 11 is 0. The lowest BCUT2D eigenvalue weighted by molar-refractivity contribution is -0.144. The highest BCUT2D eigenvalue weighted by molar-refractivity contribution is 5.74. The summed E-state index contributed by atoms with van der Waals surface area (Å²) in [7, 11) is 1.64. The highest BCUT2D eigenvalue weighted by Gasteiger charge is 2.49. The van der Waals surface area contributed by atoms with Gasteiger partial charge in [-0.3, -0.25) is 4.84 Å². The third-order valence-electron chi connectivity index (χ3n) is 3.13. The lowest BCUT2D eigenvalue weighted by Crippen LogP contribution is -2.63. The van der Waals surface area contributed by atoms with Crippen LogP contribution >= 0.6 is 0 Å². The molecule has 0 saturated heterocycles. The second kappa shape index (κ2) is 5.33. The van der Waals surface area contributed by atoms with Crippen LogP contribution in [0.2, 0.25) is 0 Å². The largest absolute Gasteiger partial charge is 0.479 e. The quantitative estimate of drug-likeness (QED) is 0.598. The van der Waals surface area contributed by atoms with Gasteiger partial charge in [0.15, 0.2) is 6.61 Å². The van der Waals surface area contributed by atoms with Crippen molar-refractivity contribution in [3.63, 3.8) is 0 Å². The van der Waals surface area contributed by atoms with Gasteiger partial charge >= 0.3 is 12.0 Å². The van der Waals surface area contributed by atoms with Crippen molar-refractivity contribution in [3.8, 4) is 0 Å². The first kappa shape index (κ1) is 13.7. The van der Waals surface area contributed by atoms with Crippen molar-refractivity contribution in [1.82, 2.24) is 10.8 Å². The average Bonchev–Trinajstić information content (AvgIpc) is 2.23. The number of hydrogen-bond donors (Lipinski definition) is 3. The smallest absolute Gasteiger partial charge is 0.338 e. The summed E-state index contributed by atoms with van der Waals surface area (Å²) in [5, 5.41) is 11.0. The molecule has 3 N–H and O–H groups in total. The van der Waals surface area contributed by atoms with Gasteiger partial charge < -0.3 is 15.2 Å². The van der Waals surface area contributed by atoms with Crippen LogP contribution in [-0.4, -0.2) is 43.0 Å². The van der Waals surface area contributed by atoms with E-state index in [0.29, 0.717) is 0 Å². The molecule has 0 bridgehead atoms. The van der Waals surface area contributed by atoms with Gasteiger partial charge in [-0.1, -0.05) is 13.8 Å². The second-order valence-corrected chi connectivity index (χ2v) is 4.59. The number of hydrogen-bond acceptors (Lipinski definition) is 4. The van der Waals surface area contributed by atoms with E-state index in [2.05, 4.69) is 10.2 Å². The lowest BCUT2D eigenvalue weighted by Gasteiger charge is -2.51. The van der Waals surface area contributed by atoms with E-state index in [4.69, 9.17) is 9.84 Å². The Labute approximate surface area is 99.4 Å². The van der Waals surface area contributed by atoms with E-state index < -0.39 is 18.6 Å². The van der Waals surface area contributed by atoms with Gasteiger partial charge in [0.25, 0.3) is 0 Å². The molecule has 0 aromatic carbocycles. The summed E-state index contributed by atoms with van der Waals surface area (Å²) in [6, 6.07) is -0.556. The van der Waals surface area contributed by atoms with Gasteiger partial charge in [0.1, 0.15) is 0 Å². The van der Waals surface area contributed by atoms with Crippen LogP contribution in [0.25, 0.3) is 0 Å². The minimum Gasteiger partial charge on any atom is -0.479 e. The maximum atomic E-state index is 11.3. The van der Waals surface area contributed by atoms with E-state index in [9.17, 15) is 9.59 Å². The summed E-state index contributed by atoms with van der Waals surface area (Å²) in [6.07, 6.45) is 0.850. The third-order valence-corrected chi connectivity index (χ3v) is 3.13. The molecule has 1 aliphatic rings. The normalized spacial score (nSPS) is 25.8. The van der Waals surface area contributed by atoms with Gasteiger partial charge in [0, 0.05) is 18.6 Å². The van der Waals surface area contributed by atoms with Crippen LogP contribution in [0.15, 0.2) is 0 Å². The molecule has 2 atom stereocenters. The molecule has 1 fully saturated rings. The molecule has 7 heteroatoms. The number of amides is 2. The van der Waals surface area contributed by atoms with Crippen LogP contribution in [0.4, 0.5) is 4.79 Å². The van der Waals surface area contributed by atoms with Crippen LogP contribution < -0.4 is 10.8 Å². The number of carboxylic acid groups (broad SMARTS) is 1. The Bertz CT molecular complexity index is 305. The molecule has 0 aliphatic heterocycles. The Morgan fingerprint density at radius 1 is 1.47 bits per heavy atom. The van der Waals surface area contributed by atoms with E-state index in [1.165, 1.54) is 0 Å². The summed E-state index contributed by atoms with van der Waals surface area (Å²) in [5.74, 6) is -1.14. The number of aliphatic carboxylic acids is 1. The van der Waals surface area contributed by atoms with E-state index in [1.54, 1.807) is 7.11 Å². The first-order valence-corrected chi connectivity index (χ1v) is 5.30. The van der Waals surface area contributed by atoms with Crippen LogP contribution in [0.3, 0.4) is 0 Å². The molecule has 1 saturated carbocycles. The van der Waals surface area contributed by atoms with Gasteiger partial charge in [-0.25, -0.2) is 15.1 Å². The number of methoxy groups -OCH3 is 1. The number of carboxylic acids is 1. The Morgan fingerprint density at radius 2 is 2.12 bits per heavy atom. The number of nitrogens with one attached hydrogen (secondary N) is 2. The Morgan fingerprint density at radius 3 is 2.59 bits per heavy atom. The minimum atomic E-state index is -1.14. The minimum absolute atomic E-state index is 0.0131. The van der Waals surface area contributed by atoms with Crippen molar-refractivity contribution in [2.75, 3.05) is 13.7 Å². The molecule has 0 heterocycles. The predicted octanol–water partition coefficient (Wildman–Crippen LogP) is 0.115. The summed E-state index contributed by atoms with van der Waals surface area (Å²) in [4.78, 5) is 25.9. The molecule has 0 aromatic rings. The van der Waals surface area contributed by atoms with E-state index in [-0.39, 0.29) is 17.6 Å². The molecular formula is C10H18N2O5. The molecular weight excluding hydrogens is 228 g/mol. The SMILES string of the molecule is COC1CC(NC(=O)NOCC(=O)O)C1(C)C. The van der Waals surface area contributed by atoms with Gasteiger partial charge in [-0.2, -0.15) is 0 Å². The van der Waals surface area contributed by atoms with E-state index in [1.807, 2.05) is 19.3 Å². The van der Waals surface area contributed by atoms with Crippen molar-refractivity contribution in [2.45, 2.75) is 32.4 Å². The number of rotatable bonds is 5. The lowest BCUT2D eigenvalue weighted by atomic mass is 9.64. The van der Waals surface area contributed by atoms with Crippen molar-refractivity contribution in [1.29, 1.82) is 0 Å². The maximum absolute atomic E-state index is 11.3. The third kappa shape index (κ3) is 3.31. The van der Waals surface area contributed by atoms with Crippen molar-refractivity contribution in [2.24, 2.45) is 5.41 Å². The van der Waals surface area contributed by atoms with Gasteiger partial charge in [0.05, 0.1) is 6.10 Å². The summed E-state index contributed by atoms with van der Waals surface area (Å²) < 4.78 is 5.25. The highest BCUT2D eigenvalue weighted by Crippen LogP contribution is 2.42. The molecule has 2 amide bonds. The van der Waals surface area contributed by atoms with E-state index >= 15 is 0 Å². The standard InChI is InChI=1S/C10H18N2O5/c1-10(2)6(4-7(10)16-3)11-9(15)12-17-5-8(13)14/h6-7H,4-5H2,1-3H3,(H,13,14)(H2,11,12,15). The van der Waals surface area contributed by atoms with Crippen LogP contribution in [0, 0.1) is 5.41 Å². The molecule has 0 spiro atoms. The van der Waals surface area contributed by atoms with Gasteiger partial charge in [-0.05, 0) is 6.42 Å². The van der Waals surface area contributed by atoms with E-state index in [0.717, 1.165) is 6.42 Å². The number of ether oxygens (including phenoxy) is 1. The zero-order valence-corrected chi connectivity index (χ0v) is 10.1. The maximum Gasteiger partial charge on any atom is 0.338 e. The predicted molar refractivity (Wildman–Crippen MR) is 58.2 cm³/mol. The molecule has 98 valence electrons. The fraction of sp³-hybridized carbons (Fsp3) is 0.800. The van der Waals surface area contributed by atoms with Gasteiger partial charge in [0.2, 0.25) is 0 Å². The molecule has 17 heavy (non-hydrogen) atoms. The fourth-order valence-corrected chi connectivity index (χ4v) is 1.88. The van der Waals surface area contributed by atoms with Crippen molar-refractivity contribution < 1.29 is 24.3 Å². The molecule has 2 unspecified atom stereocenters. The first-order valence-electron chi connectivity index (χ1n) is 5.30. The Hall–Kier alpha value is -1.34. The number of carbonyl (C=O) groups excluding carboxylic acids is 1. The molecule has 7 nitrogen and oxygen atoms in total. The zero-order valence-electron chi connectivity index (χ0n) is 10.1. The highest BCUT2D eigenvalue weighted by atomic mass is 16.7. The first-order chi connectivity index (χ1) is 7.87. The zero-order chi connectivity index (χ0) is 13.1. The molecule has 0 radical (unpaired) electrons. The van der Waals surface area contributed by atoms with Crippen LogP contribution in [0.5, 0.6) is 0 Å².